The molecule has 56 valence electrons. The molecule has 0 aromatic carbocycles. The van der Waals surface area contributed by atoms with Gasteiger partial charge < -0.3 is 5.32 Å². The summed E-state index contributed by atoms with van der Waals surface area (Å²) in [4.78, 5) is 8.08. The standard InChI is InChI=1S/C7H8N4/c1-8-6-5-10-7-4-9-2-3-11(6)7/h2-5,8H,1H3. The number of nitrogens with one attached hydrogen (secondary N) is 1. The highest BCUT2D eigenvalue weighted by Crippen LogP contribution is 2.07. The van der Waals surface area contributed by atoms with Gasteiger partial charge in [-0.15, -0.1) is 0 Å². The molecule has 0 aliphatic heterocycles. The molecule has 2 aromatic rings. The van der Waals surface area contributed by atoms with Crippen LogP contribution in [0.3, 0.4) is 0 Å². The predicted octanol–water partition coefficient (Wildman–Crippen LogP) is 0.771. The summed E-state index contributed by atoms with van der Waals surface area (Å²) >= 11 is 0. The van der Waals surface area contributed by atoms with Gasteiger partial charge in [0, 0.05) is 19.4 Å². The molecular formula is C7H8N4. The molecule has 0 fully saturated rings. The molecule has 0 unspecified atom stereocenters. The molecule has 11 heavy (non-hydrogen) atoms. The van der Waals surface area contributed by atoms with Gasteiger partial charge in [-0.2, -0.15) is 0 Å². The second kappa shape index (κ2) is 2.23. The van der Waals surface area contributed by atoms with E-state index in [-0.39, 0.29) is 0 Å². The van der Waals surface area contributed by atoms with E-state index in [1.54, 1.807) is 18.6 Å². The first kappa shape index (κ1) is 6.15. The van der Waals surface area contributed by atoms with Crippen molar-refractivity contribution in [2.45, 2.75) is 0 Å². The summed E-state index contributed by atoms with van der Waals surface area (Å²) in [7, 11) is 1.86. The molecular weight excluding hydrogens is 140 g/mol. The van der Waals surface area contributed by atoms with Gasteiger partial charge in [0.2, 0.25) is 0 Å². The highest BCUT2D eigenvalue weighted by atomic mass is 15.1. The molecule has 1 N–H and O–H groups in total. The molecule has 0 saturated carbocycles. The Bertz CT molecular complexity index is 365. The normalized spacial score (nSPS) is 10.3. The van der Waals surface area contributed by atoms with E-state index in [4.69, 9.17) is 0 Å². The Morgan fingerprint density at radius 3 is 3.18 bits per heavy atom. The van der Waals surface area contributed by atoms with Gasteiger partial charge in [-0.25, -0.2) is 4.98 Å². The third kappa shape index (κ3) is 0.832. The maximum absolute atomic E-state index is 4.13. The van der Waals surface area contributed by atoms with Gasteiger partial charge in [-0.3, -0.25) is 9.38 Å². The second-order valence-electron chi connectivity index (χ2n) is 2.20. The quantitative estimate of drug-likeness (QED) is 0.649. The Kier molecular flexibility index (Phi) is 1.25. The van der Waals surface area contributed by atoms with Crippen molar-refractivity contribution in [2.24, 2.45) is 0 Å². The molecule has 2 heterocycles. The van der Waals surface area contributed by atoms with E-state index in [9.17, 15) is 0 Å². The first-order valence-corrected chi connectivity index (χ1v) is 3.36. The molecule has 0 aliphatic rings. The van der Waals surface area contributed by atoms with Crippen LogP contribution in [0.4, 0.5) is 5.82 Å². The number of nitrogens with zero attached hydrogens (tertiary/aromatic N) is 3. The highest BCUT2D eigenvalue weighted by Gasteiger charge is 1.97. The number of imidazole rings is 1. The third-order valence-corrected chi connectivity index (χ3v) is 1.57. The molecule has 4 nitrogen and oxygen atoms in total. The lowest BCUT2D eigenvalue weighted by molar-refractivity contribution is 1.12. The smallest absolute Gasteiger partial charge is 0.156 e. The Morgan fingerprint density at radius 2 is 2.36 bits per heavy atom. The second-order valence-corrected chi connectivity index (χ2v) is 2.20. The zero-order valence-corrected chi connectivity index (χ0v) is 6.15. The summed E-state index contributed by atoms with van der Waals surface area (Å²) in [6, 6.07) is 0. The van der Waals surface area contributed by atoms with E-state index in [0.717, 1.165) is 11.5 Å². The van der Waals surface area contributed by atoms with Crippen LogP contribution in [-0.2, 0) is 0 Å². The van der Waals surface area contributed by atoms with Crippen molar-refractivity contribution < 1.29 is 0 Å². The summed E-state index contributed by atoms with van der Waals surface area (Å²) in [5.74, 6) is 0.974. The van der Waals surface area contributed by atoms with E-state index in [1.165, 1.54) is 0 Å². The molecule has 2 aromatic heterocycles. The van der Waals surface area contributed by atoms with Crippen LogP contribution in [0, 0.1) is 0 Å². The molecule has 0 bridgehead atoms. The SMILES string of the molecule is CNc1cnc2cnccn12. The fourth-order valence-corrected chi connectivity index (χ4v) is 1.03. The lowest BCUT2D eigenvalue weighted by atomic mass is 10.6. The van der Waals surface area contributed by atoms with Gasteiger partial charge in [0.1, 0.15) is 5.82 Å². The lowest BCUT2D eigenvalue weighted by Gasteiger charge is -1.96. The van der Waals surface area contributed by atoms with E-state index < -0.39 is 0 Å². The van der Waals surface area contributed by atoms with Crippen LogP contribution in [-0.4, -0.2) is 21.4 Å². The van der Waals surface area contributed by atoms with Gasteiger partial charge in [0.25, 0.3) is 0 Å². The number of hydrogen-bond donors (Lipinski definition) is 1. The Labute approximate surface area is 63.9 Å². The zero-order chi connectivity index (χ0) is 7.68. The van der Waals surface area contributed by atoms with E-state index in [0.29, 0.717) is 0 Å². The Hall–Kier alpha value is -1.58. The maximum Gasteiger partial charge on any atom is 0.156 e. The minimum Gasteiger partial charge on any atom is -0.373 e. The van der Waals surface area contributed by atoms with Gasteiger partial charge in [-0.05, 0) is 0 Å². The minimum absolute atomic E-state index is 0.858. The lowest BCUT2D eigenvalue weighted by Crippen LogP contribution is -1.93. The average Bonchev–Trinajstić information content (AvgIpc) is 2.47. The Balaban J connectivity index is 2.76. The van der Waals surface area contributed by atoms with E-state index in [2.05, 4.69) is 15.3 Å². The van der Waals surface area contributed by atoms with Crippen LogP contribution in [0.1, 0.15) is 0 Å². The van der Waals surface area contributed by atoms with Crippen LogP contribution in [0.2, 0.25) is 0 Å². The van der Waals surface area contributed by atoms with Crippen molar-refractivity contribution in [1.29, 1.82) is 0 Å². The molecule has 0 atom stereocenters. The molecule has 0 saturated heterocycles. The minimum atomic E-state index is 0.858. The summed E-state index contributed by atoms with van der Waals surface area (Å²) < 4.78 is 1.94. The summed E-state index contributed by atoms with van der Waals surface area (Å²) in [5.41, 5.74) is 0.858. The number of fused-ring (bicyclic) bond motifs is 1. The molecule has 0 aliphatic carbocycles. The molecule has 0 spiro atoms. The summed E-state index contributed by atoms with van der Waals surface area (Å²) in [6.45, 7) is 0. The first-order chi connectivity index (χ1) is 5.42. The topological polar surface area (TPSA) is 42.2 Å². The number of aromatic nitrogens is 3. The zero-order valence-electron chi connectivity index (χ0n) is 6.15. The fraction of sp³-hybridized carbons (Fsp3) is 0.143. The van der Waals surface area contributed by atoms with Gasteiger partial charge in [0.15, 0.2) is 5.65 Å². The van der Waals surface area contributed by atoms with Crippen LogP contribution in [0.5, 0.6) is 0 Å². The summed E-state index contributed by atoms with van der Waals surface area (Å²) in [5, 5.41) is 3.02. The molecule has 0 radical (unpaired) electrons. The van der Waals surface area contributed by atoms with Gasteiger partial charge >= 0.3 is 0 Å². The van der Waals surface area contributed by atoms with Crippen LogP contribution in [0.25, 0.3) is 5.65 Å². The summed E-state index contributed by atoms with van der Waals surface area (Å²) in [6.07, 6.45) is 7.10. The molecule has 4 heteroatoms. The van der Waals surface area contributed by atoms with Crippen LogP contribution < -0.4 is 5.32 Å². The highest BCUT2D eigenvalue weighted by molar-refractivity contribution is 5.47. The maximum atomic E-state index is 4.13. The van der Waals surface area contributed by atoms with Crippen LogP contribution in [0.15, 0.2) is 24.8 Å². The van der Waals surface area contributed by atoms with Crippen molar-refractivity contribution in [2.75, 3.05) is 12.4 Å². The predicted molar refractivity (Wildman–Crippen MR) is 42.5 cm³/mol. The average molecular weight is 148 g/mol. The monoisotopic (exact) mass is 148 g/mol. The number of rotatable bonds is 1. The largest absolute Gasteiger partial charge is 0.373 e. The Morgan fingerprint density at radius 1 is 1.45 bits per heavy atom. The van der Waals surface area contributed by atoms with Crippen molar-refractivity contribution >= 4 is 11.5 Å². The molecule has 0 amide bonds. The fourth-order valence-electron chi connectivity index (χ4n) is 1.03. The molecule has 2 rings (SSSR count). The van der Waals surface area contributed by atoms with Gasteiger partial charge in [-0.1, -0.05) is 0 Å². The van der Waals surface area contributed by atoms with Gasteiger partial charge in [0.05, 0.1) is 12.4 Å². The van der Waals surface area contributed by atoms with Crippen molar-refractivity contribution in [3.8, 4) is 0 Å². The first-order valence-electron chi connectivity index (χ1n) is 3.36. The van der Waals surface area contributed by atoms with Crippen molar-refractivity contribution in [1.82, 2.24) is 14.4 Å². The van der Waals surface area contributed by atoms with E-state index in [1.807, 2.05) is 17.6 Å². The van der Waals surface area contributed by atoms with Crippen LogP contribution >= 0.6 is 0 Å². The van der Waals surface area contributed by atoms with Crippen molar-refractivity contribution in [3.63, 3.8) is 0 Å². The number of hydrogen-bond acceptors (Lipinski definition) is 3. The van der Waals surface area contributed by atoms with E-state index >= 15 is 0 Å². The third-order valence-electron chi connectivity index (χ3n) is 1.57. The number of anilines is 1. The van der Waals surface area contributed by atoms with Crippen molar-refractivity contribution in [3.05, 3.63) is 24.8 Å².